The molecule has 3 atom stereocenters. The summed E-state index contributed by atoms with van der Waals surface area (Å²) < 4.78 is 13.2. The molecule has 0 radical (unpaired) electrons. The third kappa shape index (κ3) is 2.05. The van der Waals surface area contributed by atoms with E-state index in [1.165, 1.54) is 0 Å². The van der Waals surface area contributed by atoms with E-state index in [1.54, 1.807) is 30.3 Å². The van der Waals surface area contributed by atoms with E-state index in [1.807, 2.05) is 0 Å². The van der Waals surface area contributed by atoms with E-state index in [9.17, 15) is 19.4 Å². The van der Waals surface area contributed by atoms with Gasteiger partial charge in [-0.3, -0.25) is 0 Å². The van der Waals surface area contributed by atoms with Gasteiger partial charge in [0.15, 0.2) is 5.60 Å². The zero-order chi connectivity index (χ0) is 12.5. The fraction of sp³-hybridized carbons (Fsp3) is 0.462. The number of aliphatic hydroxyl groups is 1. The summed E-state index contributed by atoms with van der Waals surface area (Å²) in [5.74, 6) is -1.86. The zero-order valence-corrected chi connectivity index (χ0v) is 9.34. The van der Waals surface area contributed by atoms with E-state index >= 15 is 0 Å². The van der Waals surface area contributed by atoms with Crippen molar-refractivity contribution in [2.24, 2.45) is 5.92 Å². The first kappa shape index (κ1) is 12.0. The summed E-state index contributed by atoms with van der Waals surface area (Å²) in [5.41, 5.74) is -1.64. The van der Waals surface area contributed by atoms with Gasteiger partial charge in [0.1, 0.15) is 6.17 Å². The van der Waals surface area contributed by atoms with Crippen LogP contribution in [0.4, 0.5) is 4.39 Å². The van der Waals surface area contributed by atoms with Gasteiger partial charge in [0.05, 0.1) is 0 Å². The minimum Gasteiger partial charge on any atom is -0.479 e. The topological polar surface area (TPSA) is 57.5 Å². The molecule has 17 heavy (non-hydrogen) atoms. The van der Waals surface area contributed by atoms with Crippen molar-refractivity contribution in [3.8, 4) is 0 Å². The lowest BCUT2D eigenvalue weighted by molar-refractivity contribution is -0.166. The normalized spacial score (nSPS) is 27.6. The van der Waals surface area contributed by atoms with Gasteiger partial charge in [-0.1, -0.05) is 30.3 Å². The van der Waals surface area contributed by atoms with E-state index in [0.717, 1.165) is 0 Å². The van der Waals surface area contributed by atoms with Crippen molar-refractivity contribution < 1.29 is 19.4 Å². The second-order valence-electron chi connectivity index (χ2n) is 4.54. The predicted molar refractivity (Wildman–Crippen MR) is 60.2 cm³/mol. The molecule has 1 aromatic carbocycles. The lowest BCUT2D eigenvalue weighted by Crippen LogP contribution is -2.42. The Bertz CT molecular complexity index is 406. The number of aliphatic carboxylic acids is 1. The highest BCUT2D eigenvalue weighted by molar-refractivity contribution is 5.79. The van der Waals surface area contributed by atoms with Gasteiger partial charge in [-0.2, -0.15) is 0 Å². The molecular formula is C13H15FO3. The third-order valence-corrected chi connectivity index (χ3v) is 3.50. The van der Waals surface area contributed by atoms with Gasteiger partial charge in [0.2, 0.25) is 0 Å². The maximum atomic E-state index is 13.2. The van der Waals surface area contributed by atoms with E-state index in [-0.39, 0.29) is 6.42 Å². The molecule has 0 amide bonds. The van der Waals surface area contributed by atoms with Gasteiger partial charge >= 0.3 is 5.97 Å². The molecule has 3 nitrogen and oxygen atoms in total. The SMILES string of the molecule is O=C(O)[C@](O)(c1ccccc1)[C@H]1CC[C@@H](F)C1. The van der Waals surface area contributed by atoms with Gasteiger partial charge in [0, 0.05) is 5.92 Å². The molecule has 1 aromatic rings. The van der Waals surface area contributed by atoms with E-state index in [2.05, 4.69) is 0 Å². The monoisotopic (exact) mass is 238 g/mol. The van der Waals surface area contributed by atoms with Crippen molar-refractivity contribution in [3.05, 3.63) is 35.9 Å². The molecule has 1 saturated carbocycles. The molecule has 0 aromatic heterocycles. The average Bonchev–Trinajstić information content (AvgIpc) is 2.76. The summed E-state index contributed by atoms with van der Waals surface area (Å²) in [6, 6.07) is 8.23. The Morgan fingerprint density at radius 1 is 1.29 bits per heavy atom. The van der Waals surface area contributed by atoms with Crippen LogP contribution >= 0.6 is 0 Å². The minimum absolute atomic E-state index is 0.109. The molecule has 0 saturated heterocycles. The fourth-order valence-electron chi connectivity index (χ4n) is 2.53. The summed E-state index contributed by atoms with van der Waals surface area (Å²) in [5, 5.41) is 19.7. The van der Waals surface area contributed by atoms with Crippen molar-refractivity contribution in [2.45, 2.75) is 31.0 Å². The van der Waals surface area contributed by atoms with Crippen LogP contribution in [0.5, 0.6) is 0 Å². The van der Waals surface area contributed by atoms with Crippen LogP contribution in [-0.4, -0.2) is 22.4 Å². The van der Waals surface area contributed by atoms with E-state index < -0.39 is 23.7 Å². The fourth-order valence-corrected chi connectivity index (χ4v) is 2.53. The zero-order valence-electron chi connectivity index (χ0n) is 9.34. The van der Waals surface area contributed by atoms with Crippen LogP contribution in [-0.2, 0) is 10.4 Å². The number of carboxylic acid groups (broad SMARTS) is 1. The Kier molecular flexibility index (Phi) is 3.15. The Morgan fingerprint density at radius 3 is 2.41 bits per heavy atom. The number of hydrogen-bond acceptors (Lipinski definition) is 2. The molecule has 1 aliphatic carbocycles. The predicted octanol–water partition coefficient (Wildman–Crippen LogP) is 2.10. The molecule has 0 heterocycles. The molecule has 1 aliphatic rings. The highest BCUT2D eigenvalue weighted by Gasteiger charge is 2.48. The Morgan fingerprint density at radius 2 is 1.94 bits per heavy atom. The van der Waals surface area contributed by atoms with Gasteiger partial charge in [0.25, 0.3) is 0 Å². The van der Waals surface area contributed by atoms with Crippen molar-refractivity contribution in [3.63, 3.8) is 0 Å². The van der Waals surface area contributed by atoms with Gasteiger partial charge in [-0.05, 0) is 24.8 Å². The average molecular weight is 238 g/mol. The summed E-state index contributed by atoms with van der Waals surface area (Å²) in [4.78, 5) is 11.3. The maximum absolute atomic E-state index is 13.2. The first-order valence-electron chi connectivity index (χ1n) is 5.70. The number of carboxylic acids is 1. The summed E-state index contributed by atoms with van der Waals surface area (Å²) in [7, 11) is 0. The summed E-state index contributed by atoms with van der Waals surface area (Å²) in [6.07, 6.45) is -0.168. The molecule has 1 fully saturated rings. The molecule has 0 unspecified atom stereocenters. The van der Waals surface area contributed by atoms with Gasteiger partial charge in [-0.25, -0.2) is 9.18 Å². The standard InChI is InChI=1S/C13H15FO3/c14-11-7-6-10(8-11)13(17,12(15)16)9-4-2-1-3-5-9/h1-5,10-11,17H,6-8H2,(H,15,16)/t10-,11+,13-/m0/s1. The number of benzene rings is 1. The first-order valence-corrected chi connectivity index (χ1v) is 5.70. The number of carbonyl (C=O) groups is 1. The van der Waals surface area contributed by atoms with Crippen LogP contribution in [0.25, 0.3) is 0 Å². The molecule has 2 rings (SSSR count). The third-order valence-electron chi connectivity index (χ3n) is 3.50. The highest BCUT2D eigenvalue weighted by atomic mass is 19.1. The Balaban J connectivity index is 2.37. The number of hydrogen-bond donors (Lipinski definition) is 2. The van der Waals surface area contributed by atoms with Gasteiger partial charge in [-0.15, -0.1) is 0 Å². The van der Waals surface area contributed by atoms with Crippen molar-refractivity contribution in [2.75, 3.05) is 0 Å². The Hall–Kier alpha value is -1.42. The quantitative estimate of drug-likeness (QED) is 0.847. The van der Waals surface area contributed by atoms with Crippen molar-refractivity contribution >= 4 is 5.97 Å². The largest absolute Gasteiger partial charge is 0.479 e. The molecule has 0 aliphatic heterocycles. The molecular weight excluding hydrogens is 223 g/mol. The van der Waals surface area contributed by atoms with Gasteiger partial charge < -0.3 is 10.2 Å². The van der Waals surface area contributed by atoms with Crippen LogP contribution in [0, 0.1) is 5.92 Å². The second-order valence-corrected chi connectivity index (χ2v) is 4.54. The van der Waals surface area contributed by atoms with Crippen LogP contribution in [0.15, 0.2) is 30.3 Å². The lowest BCUT2D eigenvalue weighted by atomic mass is 9.80. The van der Waals surface area contributed by atoms with Crippen molar-refractivity contribution in [1.29, 1.82) is 0 Å². The molecule has 0 bridgehead atoms. The highest BCUT2D eigenvalue weighted by Crippen LogP contribution is 2.41. The number of alkyl halides is 1. The van der Waals surface area contributed by atoms with E-state index in [4.69, 9.17) is 0 Å². The minimum atomic E-state index is -1.97. The van der Waals surface area contributed by atoms with Crippen LogP contribution in [0.2, 0.25) is 0 Å². The molecule has 2 N–H and O–H groups in total. The first-order chi connectivity index (χ1) is 8.05. The summed E-state index contributed by atoms with van der Waals surface area (Å²) in [6.45, 7) is 0. The number of halogens is 1. The van der Waals surface area contributed by atoms with Crippen LogP contribution < -0.4 is 0 Å². The van der Waals surface area contributed by atoms with Crippen LogP contribution in [0.1, 0.15) is 24.8 Å². The van der Waals surface area contributed by atoms with Crippen molar-refractivity contribution in [1.82, 2.24) is 0 Å². The lowest BCUT2D eigenvalue weighted by Gasteiger charge is -2.30. The maximum Gasteiger partial charge on any atom is 0.340 e. The Labute approximate surface area is 98.9 Å². The molecule has 4 heteroatoms. The number of rotatable bonds is 3. The van der Waals surface area contributed by atoms with E-state index in [0.29, 0.717) is 18.4 Å². The van der Waals surface area contributed by atoms with Crippen LogP contribution in [0.3, 0.4) is 0 Å². The summed E-state index contributed by atoms with van der Waals surface area (Å²) >= 11 is 0. The molecule has 92 valence electrons. The molecule has 0 spiro atoms. The second kappa shape index (κ2) is 4.45. The smallest absolute Gasteiger partial charge is 0.340 e.